The molecule has 0 aliphatic heterocycles. The lowest BCUT2D eigenvalue weighted by atomic mass is 10.2. The first-order valence-corrected chi connectivity index (χ1v) is 7.39. The Morgan fingerprint density at radius 1 is 1.18 bits per heavy atom. The highest BCUT2D eigenvalue weighted by Gasteiger charge is 2.26. The molecule has 1 aromatic heterocycles. The summed E-state index contributed by atoms with van der Waals surface area (Å²) in [6.45, 7) is 3.99. The first-order chi connectivity index (χ1) is 10.5. The first-order valence-electron chi connectivity index (χ1n) is 7.39. The van der Waals surface area contributed by atoms with Crippen LogP contribution in [0.3, 0.4) is 0 Å². The average Bonchev–Trinajstić information content (AvgIpc) is 3.27. The normalized spacial score (nSPS) is 14.2. The summed E-state index contributed by atoms with van der Waals surface area (Å²) in [4.78, 5) is 8.81. The van der Waals surface area contributed by atoms with E-state index in [-0.39, 0.29) is 11.7 Å². The third kappa shape index (κ3) is 3.32. The second-order valence-corrected chi connectivity index (χ2v) is 5.80. The van der Waals surface area contributed by atoms with E-state index in [1.807, 2.05) is 13.8 Å². The number of hydrogen-bond donors (Lipinski definition) is 2. The summed E-state index contributed by atoms with van der Waals surface area (Å²) in [5.74, 6) is -0.397. The molecular weight excluding hydrogens is 286 g/mol. The van der Waals surface area contributed by atoms with Crippen LogP contribution < -0.4 is 10.6 Å². The smallest absolute Gasteiger partial charge is 0.225 e. The van der Waals surface area contributed by atoms with Crippen molar-refractivity contribution in [1.29, 1.82) is 0 Å². The highest BCUT2D eigenvalue weighted by atomic mass is 19.2. The van der Waals surface area contributed by atoms with Crippen LogP contribution >= 0.6 is 0 Å². The van der Waals surface area contributed by atoms with E-state index in [9.17, 15) is 8.78 Å². The third-order valence-electron chi connectivity index (χ3n) is 3.37. The topological polar surface area (TPSA) is 49.8 Å². The molecule has 22 heavy (non-hydrogen) atoms. The van der Waals surface area contributed by atoms with Gasteiger partial charge in [0.25, 0.3) is 0 Å². The summed E-state index contributed by atoms with van der Waals surface area (Å²) < 4.78 is 27.1. The molecule has 1 aliphatic rings. The van der Waals surface area contributed by atoms with E-state index in [0.29, 0.717) is 17.7 Å². The summed E-state index contributed by atoms with van der Waals surface area (Å²) in [5, 5.41) is 5.99. The van der Waals surface area contributed by atoms with Gasteiger partial charge in [-0.25, -0.2) is 13.8 Å². The standard InChI is InChI=1S/C16H18F2N4/c1-9(2)19-16-21-13(10-6-7-10)8-14(22-16)20-12-5-3-4-11(17)15(12)18/h3-5,8-10H,6-7H2,1-2H3,(H2,19,20,21,22). The Hall–Kier alpha value is -2.24. The molecule has 1 fully saturated rings. The lowest BCUT2D eigenvalue weighted by molar-refractivity contribution is 0.511. The van der Waals surface area contributed by atoms with Crippen LogP contribution in [-0.4, -0.2) is 16.0 Å². The van der Waals surface area contributed by atoms with Crippen molar-refractivity contribution in [3.05, 3.63) is 41.6 Å². The number of nitrogens with one attached hydrogen (secondary N) is 2. The molecule has 2 N–H and O–H groups in total. The summed E-state index contributed by atoms with van der Waals surface area (Å²) in [6, 6.07) is 6.01. The van der Waals surface area contributed by atoms with Gasteiger partial charge in [-0.15, -0.1) is 0 Å². The average molecular weight is 304 g/mol. The quantitative estimate of drug-likeness (QED) is 0.869. The largest absolute Gasteiger partial charge is 0.352 e. The zero-order valence-electron chi connectivity index (χ0n) is 12.5. The van der Waals surface area contributed by atoms with E-state index in [0.717, 1.165) is 24.6 Å². The van der Waals surface area contributed by atoms with E-state index in [2.05, 4.69) is 20.6 Å². The zero-order chi connectivity index (χ0) is 15.7. The van der Waals surface area contributed by atoms with Crippen molar-refractivity contribution in [2.75, 3.05) is 10.6 Å². The van der Waals surface area contributed by atoms with Gasteiger partial charge in [-0.05, 0) is 38.8 Å². The SMILES string of the molecule is CC(C)Nc1nc(Nc2cccc(F)c2F)cc(C2CC2)n1. The zero-order valence-corrected chi connectivity index (χ0v) is 12.5. The van der Waals surface area contributed by atoms with Crippen LogP contribution in [0.5, 0.6) is 0 Å². The molecule has 6 heteroatoms. The maximum Gasteiger partial charge on any atom is 0.225 e. The minimum atomic E-state index is -0.910. The first kappa shape index (κ1) is 14.7. The summed E-state index contributed by atoms with van der Waals surface area (Å²) in [6.07, 6.45) is 2.21. The molecule has 3 rings (SSSR count). The number of benzene rings is 1. The van der Waals surface area contributed by atoms with Crippen molar-refractivity contribution < 1.29 is 8.78 Å². The molecule has 0 amide bonds. The molecule has 116 valence electrons. The van der Waals surface area contributed by atoms with Crippen molar-refractivity contribution in [2.24, 2.45) is 0 Å². The summed E-state index contributed by atoms with van der Waals surface area (Å²) in [5.41, 5.74) is 0.994. The predicted octanol–water partition coefficient (Wildman–Crippen LogP) is 4.20. The highest BCUT2D eigenvalue weighted by molar-refractivity contribution is 5.58. The van der Waals surface area contributed by atoms with Crippen molar-refractivity contribution in [3.8, 4) is 0 Å². The molecule has 1 aliphatic carbocycles. The molecule has 0 radical (unpaired) electrons. The van der Waals surface area contributed by atoms with Gasteiger partial charge in [0, 0.05) is 18.0 Å². The summed E-state index contributed by atoms with van der Waals surface area (Å²) in [7, 11) is 0. The molecule has 1 aromatic carbocycles. The Kier molecular flexibility index (Phi) is 3.92. The number of aromatic nitrogens is 2. The van der Waals surface area contributed by atoms with Crippen molar-refractivity contribution in [1.82, 2.24) is 9.97 Å². The van der Waals surface area contributed by atoms with E-state index >= 15 is 0 Å². The third-order valence-corrected chi connectivity index (χ3v) is 3.37. The Balaban J connectivity index is 1.91. The number of rotatable bonds is 5. The Morgan fingerprint density at radius 3 is 2.64 bits per heavy atom. The number of anilines is 3. The van der Waals surface area contributed by atoms with Crippen LogP contribution in [0, 0.1) is 11.6 Å². The minimum absolute atomic E-state index is 0.0657. The maximum atomic E-state index is 13.8. The molecule has 4 nitrogen and oxygen atoms in total. The Labute approximate surface area is 128 Å². The van der Waals surface area contributed by atoms with Crippen molar-refractivity contribution >= 4 is 17.5 Å². The van der Waals surface area contributed by atoms with Crippen LogP contribution in [0.4, 0.5) is 26.2 Å². The van der Waals surface area contributed by atoms with Crippen LogP contribution in [0.25, 0.3) is 0 Å². The molecular formula is C16H18F2N4. The van der Waals surface area contributed by atoms with Crippen LogP contribution in [-0.2, 0) is 0 Å². The predicted molar refractivity (Wildman–Crippen MR) is 82.4 cm³/mol. The number of halogens is 2. The van der Waals surface area contributed by atoms with Crippen molar-refractivity contribution in [3.63, 3.8) is 0 Å². The maximum absolute atomic E-state index is 13.8. The van der Waals surface area contributed by atoms with E-state index < -0.39 is 11.6 Å². The van der Waals surface area contributed by atoms with Gasteiger partial charge in [0.1, 0.15) is 5.82 Å². The van der Waals surface area contributed by atoms with Gasteiger partial charge >= 0.3 is 0 Å². The second kappa shape index (κ2) is 5.87. The number of nitrogens with zero attached hydrogens (tertiary/aromatic N) is 2. The summed E-state index contributed by atoms with van der Waals surface area (Å²) >= 11 is 0. The molecule has 0 atom stereocenters. The fourth-order valence-electron chi connectivity index (χ4n) is 2.18. The van der Waals surface area contributed by atoms with E-state index in [1.165, 1.54) is 12.1 Å². The fraction of sp³-hybridized carbons (Fsp3) is 0.375. The van der Waals surface area contributed by atoms with Crippen LogP contribution in [0.2, 0.25) is 0 Å². The van der Waals surface area contributed by atoms with E-state index in [4.69, 9.17) is 0 Å². The van der Waals surface area contributed by atoms with Crippen LogP contribution in [0.1, 0.15) is 38.3 Å². The Morgan fingerprint density at radius 2 is 1.95 bits per heavy atom. The second-order valence-electron chi connectivity index (χ2n) is 5.80. The Bertz CT molecular complexity index is 684. The van der Waals surface area contributed by atoms with Gasteiger partial charge in [-0.1, -0.05) is 6.07 Å². The molecule has 0 unspecified atom stereocenters. The van der Waals surface area contributed by atoms with E-state index in [1.54, 1.807) is 6.07 Å². The lowest BCUT2D eigenvalue weighted by Crippen LogP contribution is -2.14. The monoisotopic (exact) mass is 304 g/mol. The number of hydrogen-bond acceptors (Lipinski definition) is 4. The lowest BCUT2D eigenvalue weighted by Gasteiger charge is -2.13. The van der Waals surface area contributed by atoms with Gasteiger partial charge < -0.3 is 10.6 Å². The van der Waals surface area contributed by atoms with Gasteiger partial charge in [0.15, 0.2) is 11.6 Å². The molecule has 1 heterocycles. The molecule has 1 saturated carbocycles. The van der Waals surface area contributed by atoms with Gasteiger partial charge in [-0.3, -0.25) is 0 Å². The van der Waals surface area contributed by atoms with Gasteiger partial charge in [-0.2, -0.15) is 4.98 Å². The van der Waals surface area contributed by atoms with Crippen molar-refractivity contribution in [2.45, 2.75) is 38.6 Å². The molecule has 0 bridgehead atoms. The van der Waals surface area contributed by atoms with Gasteiger partial charge in [0.2, 0.25) is 5.95 Å². The molecule has 2 aromatic rings. The molecule has 0 spiro atoms. The molecule has 0 saturated heterocycles. The fourth-order valence-corrected chi connectivity index (χ4v) is 2.18. The van der Waals surface area contributed by atoms with Gasteiger partial charge in [0.05, 0.1) is 11.4 Å². The highest BCUT2D eigenvalue weighted by Crippen LogP contribution is 2.40. The minimum Gasteiger partial charge on any atom is -0.352 e. The van der Waals surface area contributed by atoms with Crippen LogP contribution in [0.15, 0.2) is 24.3 Å².